The molecular formula is C13H23N3. The summed E-state index contributed by atoms with van der Waals surface area (Å²) in [5.41, 5.74) is 3.83. The zero-order valence-electron chi connectivity index (χ0n) is 11.1. The van der Waals surface area contributed by atoms with E-state index in [0.717, 1.165) is 25.2 Å². The van der Waals surface area contributed by atoms with E-state index >= 15 is 0 Å². The highest BCUT2D eigenvalue weighted by atomic mass is 15.2. The molecule has 0 fully saturated rings. The van der Waals surface area contributed by atoms with Crippen molar-refractivity contribution in [3.63, 3.8) is 0 Å². The van der Waals surface area contributed by atoms with Gasteiger partial charge in [-0.2, -0.15) is 0 Å². The van der Waals surface area contributed by atoms with Gasteiger partial charge >= 0.3 is 0 Å². The van der Waals surface area contributed by atoms with Gasteiger partial charge in [-0.05, 0) is 31.9 Å². The first kappa shape index (κ1) is 12.8. The molecule has 0 unspecified atom stereocenters. The maximum absolute atomic E-state index is 4.52. The van der Waals surface area contributed by atoms with Crippen molar-refractivity contribution in [3.05, 3.63) is 23.0 Å². The van der Waals surface area contributed by atoms with Crippen LogP contribution in [0.2, 0.25) is 0 Å². The molecule has 0 N–H and O–H groups in total. The highest BCUT2D eigenvalue weighted by molar-refractivity contribution is 5.57. The fraction of sp³-hybridized carbons (Fsp3) is 0.615. The van der Waals surface area contributed by atoms with E-state index in [1.165, 1.54) is 11.3 Å². The Morgan fingerprint density at radius 2 is 2.12 bits per heavy atom. The van der Waals surface area contributed by atoms with Crippen molar-refractivity contribution in [3.8, 4) is 0 Å². The van der Waals surface area contributed by atoms with Crippen LogP contribution in [0.5, 0.6) is 0 Å². The molecule has 1 aliphatic rings. The first-order valence-corrected chi connectivity index (χ1v) is 5.94. The highest BCUT2D eigenvalue weighted by Gasteiger charge is 2.14. The van der Waals surface area contributed by atoms with Crippen LogP contribution in [0.4, 0.5) is 0 Å². The number of likely N-dealkylation sites (N-methyl/N-ethyl adjacent to an activating group) is 1. The summed E-state index contributed by atoms with van der Waals surface area (Å²) in [6.45, 7) is 8.64. The van der Waals surface area contributed by atoms with Gasteiger partial charge in [-0.15, -0.1) is 0 Å². The Morgan fingerprint density at radius 3 is 2.62 bits per heavy atom. The second-order valence-corrected chi connectivity index (χ2v) is 4.35. The molecule has 1 rings (SSSR count). The van der Waals surface area contributed by atoms with Gasteiger partial charge in [-0.3, -0.25) is 0 Å². The molecule has 90 valence electrons. The van der Waals surface area contributed by atoms with E-state index in [9.17, 15) is 0 Å². The Morgan fingerprint density at radius 1 is 1.44 bits per heavy atom. The highest BCUT2D eigenvalue weighted by Crippen LogP contribution is 2.22. The Kier molecular flexibility index (Phi) is 4.59. The van der Waals surface area contributed by atoms with Crippen LogP contribution in [-0.4, -0.2) is 43.3 Å². The fourth-order valence-electron chi connectivity index (χ4n) is 1.74. The molecule has 0 radical (unpaired) electrons. The quantitative estimate of drug-likeness (QED) is 0.536. The molecule has 0 saturated carbocycles. The van der Waals surface area contributed by atoms with Crippen molar-refractivity contribution in [2.45, 2.75) is 27.2 Å². The van der Waals surface area contributed by atoms with Gasteiger partial charge in [0.2, 0.25) is 0 Å². The third-order valence-corrected chi connectivity index (χ3v) is 2.84. The van der Waals surface area contributed by atoms with Gasteiger partial charge in [0.05, 0.1) is 12.0 Å². The van der Waals surface area contributed by atoms with Crippen LogP contribution in [0.3, 0.4) is 0 Å². The molecule has 0 amide bonds. The monoisotopic (exact) mass is 221 g/mol. The summed E-state index contributed by atoms with van der Waals surface area (Å²) in [5.74, 6) is 0. The summed E-state index contributed by atoms with van der Waals surface area (Å²) < 4.78 is 0. The SMILES string of the molecule is CCC1=CC(N=CN(C)C)=C(C)N(CC)C1. The van der Waals surface area contributed by atoms with Crippen molar-refractivity contribution < 1.29 is 0 Å². The largest absolute Gasteiger partial charge is 0.370 e. The summed E-state index contributed by atoms with van der Waals surface area (Å²) in [7, 11) is 3.98. The van der Waals surface area contributed by atoms with Gasteiger partial charge in [0.25, 0.3) is 0 Å². The normalized spacial score (nSPS) is 17.1. The molecule has 3 heteroatoms. The minimum atomic E-state index is 1.05. The van der Waals surface area contributed by atoms with Crippen LogP contribution in [0, 0.1) is 0 Å². The molecular weight excluding hydrogens is 198 g/mol. The molecule has 3 nitrogen and oxygen atoms in total. The maximum Gasteiger partial charge on any atom is 0.0907 e. The molecule has 0 bridgehead atoms. The van der Waals surface area contributed by atoms with Crippen LogP contribution in [0.1, 0.15) is 27.2 Å². The van der Waals surface area contributed by atoms with Gasteiger partial charge < -0.3 is 9.80 Å². The van der Waals surface area contributed by atoms with E-state index in [-0.39, 0.29) is 0 Å². The van der Waals surface area contributed by atoms with Crippen LogP contribution in [0.25, 0.3) is 0 Å². The average Bonchev–Trinajstić information content (AvgIpc) is 2.27. The summed E-state index contributed by atoms with van der Waals surface area (Å²) >= 11 is 0. The van der Waals surface area contributed by atoms with E-state index in [1.807, 2.05) is 25.3 Å². The van der Waals surface area contributed by atoms with Gasteiger partial charge in [0.15, 0.2) is 0 Å². The third-order valence-electron chi connectivity index (χ3n) is 2.84. The number of nitrogens with zero attached hydrogens (tertiary/aromatic N) is 3. The molecule has 0 aromatic heterocycles. The van der Waals surface area contributed by atoms with Crippen molar-refractivity contribution in [1.29, 1.82) is 0 Å². The standard InChI is InChI=1S/C13H23N3/c1-6-12-8-13(14-10-15(4)5)11(3)16(7-2)9-12/h8,10H,6-7,9H2,1-5H3. The summed E-state index contributed by atoms with van der Waals surface area (Å²) in [6, 6.07) is 0. The van der Waals surface area contributed by atoms with E-state index < -0.39 is 0 Å². The predicted octanol–water partition coefficient (Wildman–Crippen LogP) is 2.48. The van der Waals surface area contributed by atoms with Gasteiger partial charge in [-0.25, -0.2) is 4.99 Å². The number of aliphatic imine (C=N–C) groups is 1. The number of rotatable bonds is 4. The summed E-state index contributed by atoms with van der Waals surface area (Å²) in [6.07, 6.45) is 5.19. The molecule has 0 aromatic rings. The van der Waals surface area contributed by atoms with Crippen molar-refractivity contribution in [2.75, 3.05) is 27.2 Å². The maximum atomic E-state index is 4.52. The lowest BCUT2D eigenvalue weighted by Gasteiger charge is -2.29. The van der Waals surface area contributed by atoms with E-state index in [1.54, 1.807) is 0 Å². The fourth-order valence-corrected chi connectivity index (χ4v) is 1.74. The number of allylic oxidation sites excluding steroid dienone is 2. The van der Waals surface area contributed by atoms with E-state index in [2.05, 4.69) is 36.7 Å². The van der Waals surface area contributed by atoms with Crippen LogP contribution >= 0.6 is 0 Å². The molecule has 1 heterocycles. The average molecular weight is 221 g/mol. The van der Waals surface area contributed by atoms with Gasteiger partial charge in [0.1, 0.15) is 0 Å². The number of hydrogen-bond acceptors (Lipinski definition) is 2. The Hall–Kier alpha value is -1.25. The second-order valence-electron chi connectivity index (χ2n) is 4.35. The molecule has 0 spiro atoms. The Balaban J connectivity index is 2.95. The molecule has 0 atom stereocenters. The lowest BCUT2D eigenvalue weighted by atomic mass is 10.1. The lowest BCUT2D eigenvalue weighted by Crippen LogP contribution is -2.27. The Bertz CT molecular complexity index is 324. The van der Waals surface area contributed by atoms with Gasteiger partial charge in [-0.1, -0.05) is 6.92 Å². The summed E-state index contributed by atoms with van der Waals surface area (Å²) in [5, 5.41) is 0. The van der Waals surface area contributed by atoms with E-state index in [4.69, 9.17) is 0 Å². The van der Waals surface area contributed by atoms with Gasteiger partial charge in [0, 0.05) is 32.9 Å². The lowest BCUT2D eigenvalue weighted by molar-refractivity contribution is 0.380. The van der Waals surface area contributed by atoms with Crippen molar-refractivity contribution in [1.82, 2.24) is 9.80 Å². The Labute approximate surface area is 99.1 Å². The molecule has 1 aliphatic heterocycles. The predicted molar refractivity (Wildman–Crippen MR) is 70.5 cm³/mol. The molecule has 0 aliphatic carbocycles. The van der Waals surface area contributed by atoms with Crippen LogP contribution < -0.4 is 0 Å². The first-order chi connectivity index (χ1) is 7.58. The van der Waals surface area contributed by atoms with Crippen LogP contribution in [-0.2, 0) is 0 Å². The van der Waals surface area contributed by atoms with Crippen LogP contribution in [0.15, 0.2) is 28.0 Å². The minimum absolute atomic E-state index is 1.05. The minimum Gasteiger partial charge on any atom is -0.370 e. The zero-order valence-corrected chi connectivity index (χ0v) is 11.1. The number of hydrogen-bond donors (Lipinski definition) is 0. The zero-order chi connectivity index (χ0) is 12.1. The third kappa shape index (κ3) is 3.12. The molecule has 0 aromatic carbocycles. The van der Waals surface area contributed by atoms with E-state index in [0.29, 0.717) is 0 Å². The molecule has 16 heavy (non-hydrogen) atoms. The smallest absolute Gasteiger partial charge is 0.0907 e. The van der Waals surface area contributed by atoms with Crippen molar-refractivity contribution >= 4 is 6.34 Å². The topological polar surface area (TPSA) is 18.8 Å². The second kappa shape index (κ2) is 5.73. The summed E-state index contributed by atoms with van der Waals surface area (Å²) in [4.78, 5) is 8.86. The molecule has 0 saturated heterocycles. The van der Waals surface area contributed by atoms with Crippen molar-refractivity contribution in [2.24, 2.45) is 4.99 Å². The first-order valence-electron chi connectivity index (χ1n) is 5.94.